The Balaban J connectivity index is 2.16. The Bertz CT molecular complexity index is 326. The summed E-state index contributed by atoms with van der Waals surface area (Å²) >= 11 is 11.9. The third-order valence-corrected chi connectivity index (χ3v) is 3.37. The van der Waals surface area contributed by atoms with E-state index in [0.717, 1.165) is 12.8 Å². The molecular formula is C14H19Cl2O. The van der Waals surface area contributed by atoms with E-state index in [-0.39, 0.29) is 0 Å². The normalized spacial score (nSPS) is 10.5. The Labute approximate surface area is 114 Å². The smallest absolute Gasteiger partial charge is 0.139 e. The summed E-state index contributed by atoms with van der Waals surface area (Å²) in [5.41, 5.74) is 0. The minimum Gasteiger partial charge on any atom is -0.492 e. The van der Waals surface area contributed by atoms with E-state index in [9.17, 15) is 0 Å². The maximum atomic E-state index is 6.01. The van der Waals surface area contributed by atoms with Gasteiger partial charge in [0.15, 0.2) is 0 Å². The molecule has 0 aromatic heterocycles. The third-order valence-electron chi connectivity index (χ3n) is 2.57. The summed E-state index contributed by atoms with van der Waals surface area (Å²) in [7, 11) is 0. The van der Waals surface area contributed by atoms with Crippen molar-refractivity contribution in [3.8, 4) is 5.75 Å². The average molecular weight is 274 g/mol. The van der Waals surface area contributed by atoms with Crippen molar-refractivity contribution in [2.45, 2.75) is 38.5 Å². The highest BCUT2D eigenvalue weighted by atomic mass is 35.5. The zero-order valence-electron chi connectivity index (χ0n) is 10.1. The van der Waals surface area contributed by atoms with Crippen LogP contribution in [0.15, 0.2) is 18.2 Å². The summed E-state index contributed by atoms with van der Waals surface area (Å²) in [5.74, 6) is 0.678. The quantitative estimate of drug-likeness (QED) is 0.565. The van der Waals surface area contributed by atoms with E-state index in [1.165, 1.54) is 25.7 Å². The van der Waals surface area contributed by atoms with Gasteiger partial charge < -0.3 is 4.74 Å². The number of ether oxygens (including phenoxy) is 1. The van der Waals surface area contributed by atoms with E-state index in [1.54, 1.807) is 6.07 Å². The summed E-state index contributed by atoms with van der Waals surface area (Å²) in [6, 6.07) is 5.45. The second-order valence-electron chi connectivity index (χ2n) is 4.02. The van der Waals surface area contributed by atoms with Crippen LogP contribution in [0.5, 0.6) is 5.75 Å². The van der Waals surface area contributed by atoms with Crippen LogP contribution < -0.4 is 4.74 Å². The summed E-state index contributed by atoms with van der Waals surface area (Å²) in [5, 5.41) is 1.05. The summed E-state index contributed by atoms with van der Waals surface area (Å²) in [4.78, 5) is 0. The molecule has 0 bridgehead atoms. The Hall–Kier alpha value is -0.400. The third kappa shape index (κ3) is 5.65. The van der Waals surface area contributed by atoms with Crippen molar-refractivity contribution in [2.75, 3.05) is 6.61 Å². The second kappa shape index (κ2) is 8.66. The molecule has 0 saturated heterocycles. The van der Waals surface area contributed by atoms with Crippen molar-refractivity contribution in [2.24, 2.45) is 0 Å². The Morgan fingerprint density at radius 2 is 1.71 bits per heavy atom. The molecule has 17 heavy (non-hydrogen) atoms. The van der Waals surface area contributed by atoms with Gasteiger partial charge in [0.2, 0.25) is 0 Å². The molecule has 0 atom stereocenters. The Morgan fingerprint density at radius 3 is 2.47 bits per heavy atom. The molecule has 1 aromatic carbocycles. The highest BCUT2D eigenvalue weighted by Crippen LogP contribution is 2.31. The predicted octanol–water partition coefficient (Wildman–Crippen LogP) is 5.55. The molecule has 0 aliphatic carbocycles. The fourth-order valence-corrected chi connectivity index (χ4v) is 1.93. The van der Waals surface area contributed by atoms with E-state index in [2.05, 4.69) is 6.92 Å². The first-order valence-electron chi connectivity index (χ1n) is 6.11. The van der Waals surface area contributed by atoms with E-state index in [1.807, 2.05) is 12.1 Å². The minimum absolute atomic E-state index is 0.506. The van der Waals surface area contributed by atoms with Gasteiger partial charge in [0.05, 0.1) is 11.6 Å². The first-order valence-corrected chi connectivity index (χ1v) is 6.87. The lowest BCUT2D eigenvalue weighted by molar-refractivity contribution is 0.304. The molecule has 0 aliphatic heterocycles. The van der Waals surface area contributed by atoms with Crippen LogP contribution in [-0.2, 0) is 0 Å². The fraction of sp³-hybridized carbons (Fsp3) is 0.500. The molecule has 1 nitrogen and oxygen atoms in total. The molecule has 3 heteroatoms. The van der Waals surface area contributed by atoms with Crippen LogP contribution in [0.4, 0.5) is 0 Å². The monoisotopic (exact) mass is 273 g/mol. The predicted molar refractivity (Wildman–Crippen MR) is 75.0 cm³/mol. The van der Waals surface area contributed by atoms with Crippen molar-refractivity contribution < 1.29 is 4.74 Å². The van der Waals surface area contributed by atoms with Gasteiger partial charge >= 0.3 is 0 Å². The van der Waals surface area contributed by atoms with Gasteiger partial charge in [-0.3, -0.25) is 0 Å². The summed E-state index contributed by atoms with van der Waals surface area (Å²) in [6.07, 6.45) is 7.03. The zero-order valence-corrected chi connectivity index (χ0v) is 11.6. The number of unbranched alkanes of at least 4 members (excludes halogenated alkanes) is 5. The maximum Gasteiger partial charge on any atom is 0.139 e. The Morgan fingerprint density at radius 1 is 1.00 bits per heavy atom. The van der Waals surface area contributed by atoms with Crippen molar-refractivity contribution in [1.82, 2.24) is 0 Å². The topological polar surface area (TPSA) is 9.23 Å². The van der Waals surface area contributed by atoms with E-state index >= 15 is 0 Å². The van der Waals surface area contributed by atoms with Gasteiger partial charge in [0, 0.05) is 0 Å². The number of rotatable bonds is 8. The van der Waals surface area contributed by atoms with Crippen LogP contribution >= 0.6 is 23.2 Å². The standard InChI is InChI=1S/C14H19Cl2O/c1-2-3-4-5-6-7-11-17-13-10-8-9-12(15)14(13)16/h8-10H,1-7,11H2. The second-order valence-corrected chi connectivity index (χ2v) is 4.81. The average Bonchev–Trinajstić information content (AvgIpc) is 2.33. The van der Waals surface area contributed by atoms with E-state index < -0.39 is 0 Å². The van der Waals surface area contributed by atoms with Crippen molar-refractivity contribution in [3.63, 3.8) is 0 Å². The number of hydrogen-bond acceptors (Lipinski definition) is 1. The lowest BCUT2D eigenvalue weighted by atomic mass is 10.1. The first-order chi connectivity index (χ1) is 8.25. The molecule has 0 unspecified atom stereocenters. The molecule has 95 valence electrons. The number of halogens is 2. The molecule has 1 aromatic rings. The molecular weight excluding hydrogens is 255 g/mol. The molecule has 0 N–H and O–H groups in total. The van der Waals surface area contributed by atoms with Crippen LogP contribution in [0.3, 0.4) is 0 Å². The lowest BCUT2D eigenvalue weighted by Gasteiger charge is -2.08. The number of benzene rings is 1. The molecule has 0 amide bonds. The minimum atomic E-state index is 0.506. The van der Waals surface area contributed by atoms with E-state index in [0.29, 0.717) is 22.4 Å². The van der Waals surface area contributed by atoms with Crippen LogP contribution in [0.2, 0.25) is 10.0 Å². The molecule has 1 radical (unpaired) electrons. The van der Waals surface area contributed by atoms with Gasteiger partial charge in [-0.25, -0.2) is 0 Å². The summed E-state index contributed by atoms with van der Waals surface area (Å²) < 4.78 is 5.60. The van der Waals surface area contributed by atoms with Gasteiger partial charge in [-0.15, -0.1) is 0 Å². The first kappa shape index (κ1) is 14.7. The van der Waals surface area contributed by atoms with Gasteiger partial charge in [0.25, 0.3) is 0 Å². The zero-order chi connectivity index (χ0) is 12.5. The molecule has 0 heterocycles. The van der Waals surface area contributed by atoms with Crippen molar-refractivity contribution in [3.05, 3.63) is 35.2 Å². The largest absolute Gasteiger partial charge is 0.492 e. The molecule has 1 rings (SSSR count). The highest BCUT2D eigenvalue weighted by Gasteiger charge is 2.04. The van der Waals surface area contributed by atoms with Gasteiger partial charge in [-0.05, 0) is 18.6 Å². The van der Waals surface area contributed by atoms with Crippen LogP contribution in [0, 0.1) is 6.92 Å². The molecule has 0 fully saturated rings. The highest BCUT2D eigenvalue weighted by molar-refractivity contribution is 6.42. The van der Waals surface area contributed by atoms with Gasteiger partial charge in [-0.2, -0.15) is 0 Å². The molecule has 0 spiro atoms. The maximum absolute atomic E-state index is 6.01. The fourth-order valence-electron chi connectivity index (χ4n) is 1.59. The Kier molecular flexibility index (Phi) is 7.46. The lowest BCUT2D eigenvalue weighted by Crippen LogP contribution is -1.97. The summed E-state index contributed by atoms with van der Waals surface area (Å²) in [6.45, 7) is 4.52. The van der Waals surface area contributed by atoms with E-state index in [4.69, 9.17) is 27.9 Å². The van der Waals surface area contributed by atoms with Gasteiger partial charge in [0.1, 0.15) is 10.8 Å². The van der Waals surface area contributed by atoms with Crippen LogP contribution in [-0.4, -0.2) is 6.61 Å². The van der Waals surface area contributed by atoms with Gasteiger partial charge in [-0.1, -0.05) is 68.3 Å². The van der Waals surface area contributed by atoms with Crippen LogP contribution in [0.1, 0.15) is 38.5 Å². The SMILES string of the molecule is [CH2]CCCCCCCOc1cccc(Cl)c1Cl. The number of hydrogen-bond donors (Lipinski definition) is 0. The van der Waals surface area contributed by atoms with Crippen LogP contribution in [0.25, 0.3) is 0 Å². The van der Waals surface area contributed by atoms with Crippen molar-refractivity contribution >= 4 is 23.2 Å². The molecule has 0 saturated carbocycles. The van der Waals surface area contributed by atoms with Crippen molar-refractivity contribution in [1.29, 1.82) is 0 Å². The molecule has 0 aliphatic rings.